The molecule has 0 unspecified atom stereocenters. The summed E-state index contributed by atoms with van der Waals surface area (Å²) in [5.41, 5.74) is 1.99. The standard InChI is InChI=1S/C15H14N8/c1-11-6-14(23-15(21-11)19-9-20-23)18-8-12-2-3-17-13(7-12)22-5-4-16-10-22/h2-7,9-10,18H,8H2,1H3. The highest BCUT2D eigenvalue weighted by Crippen LogP contribution is 2.13. The van der Waals surface area contributed by atoms with Gasteiger partial charge in [-0.3, -0.25) is 4.57 Å². The van der Waals surface area contributed by atoms with Gasteiger partial charge >= 0.3 is 0 Å². The second-order valence-electron chi connectivity index (χ2n) is 5.10. The van der Waals surface area contributed by atoms with Crippen LogP contribution in [-0.2, 0) is 6.54 Å². The first-order valence-corrected chi connectivity index (χ1v) is 7.14. The zero-order chi connectivity index (χ0) is 15.6. The average molecular weight is 306 g/mol. The van der Waals surface area contributed by atoms with Gasteiger partial charge in [0.25, 0.3) is 5.78 Å². The molecule has 0 spiro atoms. The smallest absolute Gasteiger partial charge is 0.254 e. The number of hydrogen-bond donors (Lipinski definition) is 1. The maximum atomic E-state index is 4.35. The van der Waals surface area contributed by atoms with Gasteiger partial charge in [-0.05, 0) is 24.6 Å². The van der Waals surface area contributed by atoms with Crippen molar-refractivity contribution in [3.8, 4) is 5.82 Å². The molecule has 0 atom stereocenters. The fourth-order valence-electron chi connectivity index (χ4n) is 2.36. The summed E-state index contributed by atoms with van der Waals surface area (Å²) in [6.45, 7) is 2.58. The maximum absolute atomic E-state index is 4.35. The van der Waals surface area contributed by atoms with Crippen LogP contribution in [0.1, 0.15) is 11.3 Å². The van der Waals surface area contributed by atoms with Gasteiger partial charge < -0.3 is 5.32 Å². The summed E-state index contributed by atoms with van der Waals surface area (Å²) in [6.07, 6.45) is 8.61. The molecule has 0 aliphatic rings. The van der Waals surface area contributed by atoms with E-state index < -0.39 is 0 Å². The first kappa shape index (κ1) is 13.4. The normalized spacial score (nSPS) is 11.0. The molecule has 114 valence electrons. The molecule has 0 fully saturated rings. The Bertz CT molecular complexity index is 941. The second-order valence-corrected chi connectivity index (χ2v) is 5.10. The van der Waals surface area contributed by atoms with Crippen LogP contribution >= 0.6 is 0 Å². The first-order valence-electron chi connectivity index (χ1n) is 7.14. The Hall–Kier alpha value is -3.29. The Morgan fingerprint density at radius 3 is 3.00 bits per heavy atom. The molecule has 4 aromatic rings. The molecule has 0 saturated heterocycles. The molecular formula is C15H14N8. The molecule has 0 saturated carbocycles. The number of aryl methyl sites for hydroxylation is 1. The molecule has 4 rings (SSSR count). The third-order valence-corrected chi connectivity index (χ3v) is 3.43. The number of imidazole rings is 1. The summed E-state index contributed by atoms with van der Waals surface area (Å²) in [5, 5.41) is 7.56. The van der Waals surface area contributed by atoms with Crippen LogP contribution in [0.5, 0.6) is 0 Å². The van der Waals surface area contributed by atoms with Crippen molar-refractivity contribution in [1.82, 2.24) is 34.1 Å². The number of nitrogens with one attached hydrogen (secondary N) is 1. The second kappa shape index (κ2) is 5.48. The SMILES string of the molecule is Cc1cc(NCc2ccnc(-n3ccnc3)c2)n2ncnc2n1. The van der Waals surface area contributed by atoms with Crippen molar-refractivity contribution in [3.63, 3.8) is 0 Å². The van der Waals surface area contributed by atoms with Crippen molar-refractivity contribution < 1.29 is 0 Å². The lowest BCUT2D eigenvalue weighted by molar-refractivity contribution is 0.913. The van der Waals surface area contributed by atoms with Crippen LogP contribution in [0.2, 0.25) is 0 Å². The zero-order valence-corrected chi connectivity index (χ0v) is 12.5. The Balaban J connectivity index is 1.59. The van der Waals surface area contributed by atoms with Gasteiger partial charge in [-0.15, -0.1) is 0 Å². The topological polar surface area (TPSA) is 85.8 Å². The van der Waals surface area contributed by atoms with Crippen molar-refractivity contribution in [3.05, 3.63) is 60.7 Å². The predicted molar refractivity (Wildman–Crippen MR) is 84.2 cm³/mol. The van der Waals surface area contributed by atoms with E-state index in [1.807, 2.05) is 35.9 Å². The lowest BCUT2D eigenvalue weighted by Gasteiger charge is -2.09. The molecule has 8 nitrogen and oxygen atoms in total. The molecule has 8 heteroatoms. The van der Waals surface area contributed by atoms with E-state index in [9.17, 15) is 0 Å². The van der Waals surface area contributed by atoms with Crippen LogP contribution in [0.3, 0.4) is 0 Å². The highest BCUT2D eigenvalue weighted by atomic mass is 15.3. The molecule has 0 radical (unpaired) electrons. The van der Waals surface area contributed by atoms with E-state index in [1.165, 1.54) is 6.33 Å². The fraction of sp³-hybridized carbons (Fsp3) is 0.133. The minimum atomic E-state index is 0.585. The summed E-state index contributed by atoms with van der Waals surface area (Å²) < 4.78 is 3.56. The van der Waals surface area contributed by atoms with Crippen LogP contribution < -0.4 is 5.32 Å². The van der Waals surface area contributed by atoms with Crippen LogP contribution in [-0.4, -0.2) is 34.1 Å². The lowest BCUT2D eigenvalue weighted by Crippen LogP contribution is -2.07. The third-order valence-electron chi connectivity index (χ3n) is 3.43. The van der Waals surface area contributed by atoms with Gasteiger partial charge in [0, 0.05) is 36.9 Å². The fourth-order valence-corrected chi connectivity index (χ4v) is 2.36. The van der Waals surface area contributed by atoms with Crippen LogP contribution in [0.25, 0.3) is 11.6 Å². The Kier molecular flexibility index (Phi) is 3.19. The summed E-state index contributed by atoms with van der Waals surface area (Å²) in [7, 11) is 0. The predicted octanol–water partition coefficient (Wildman–Crippen LogP) is 1.63. The monoisotopic (exact) mass is 306 g/mol. The number of fused-ring (bicyclic) bond motifs is 1. The number of anilines is 1. The Labute approximate surface area is 131 Å². The van der Waals surface area contributed by atoms with E-state index in [0.29, 0.717) is 12.3 Å². The lowest BCUT2D eigenvalue weighted by atomic mass is 10.2. The Morgan fingerprint density at radius 1 is 1.17 bits per heavy atom. The van der Waals surface area contributed by atoms with Crippen molar-refractivity contribution in [1.29, 1.82) is 0 Å². The number of aromatic nitrogens is 7. The summed E-state index contributed by atoms with van der Waals surface area (Å²) in [4.78, 5) is 16.8. The van der Waals surface area contributed by atoms with Gasteiger partial charge in [0.1, 0.15) is 24.3 Å². The van der Waals surface area contributed by atoms with Gasteiger partial charge in [0.15, 0.2) is 0 Å². The van der Waals surface area contributed by atoms with E-state index >= 15 is 0 Å². The molecule has 0 aliphatic heterocycles. The first-order chi connectivity index (χ1) is 11.3. The maximum Gasteiger partial charge on any atom is 0.254 e. The molecule has 0 amide bonds. The third kappa shape index (κ3) is 2.61. The number of hydrogen-bond acceptors (Lipinski definition) is 6. The molecule has 4 heterocycles. The van der Waals surface area contributed by atoms with E-state index in [4.69, 9.17) is 0 Å². The molecule has 23 heavy (non-hydrogen) atoms. The van der Waals surface area contributed by atoms with Crippen LogP contribution in [0.4, 0.5) is 5.82 Å². The van der Waals surface area contributed by atoms with Gasteiger partial charge in [-0.25, -0.2) is 15.0 Å². The van der Waals surface area contributed by atoms with E-state index in [-0.39, 0.29) is 0 Å². The molecule has 1 N–H and O–H groups in total. The molecule has 0 aliphatic carbocycles. The van der Waals surface area contributed by atoms with Crippen molar-refractivity contribution in [2.24, 2.45) is 0 Å². The zero-order valence-electron chi connectivity index (χ0n) is 12.5. The van der Waals surface area contributed by atoms with E-state index in [2.05, 4.69) is 30.4 Å². The number of rotatable bonds is 4. The number of pyridine rings is 1. The van der Waals surface area contributed by atoms with E-state index in [0.717, 1.165) is 22.9 Å². The summed E-state index contributed by atoms with van der Waals surface area (Å²) >= 11 is 0. The van der Waals surface area contributed by atoms with Crippen LogP contribution in [0.15, 0.2) is 49.4 Å². The van der Waals surface area contributed by atoms with Crippen LogP contribution in [0, 0.1) is 6.92 Å². The largest absolute Gasteiger partial charge is 0.366 e. The van der Waals surface area contributed by atoms with Gasteiger partial charge in [0.05, 0.1) is 0 Å². The summed E-state index contributed by atoms with van der Waals surface area (Å²) in [5.74, 6) is 2.27. The molecule has 0 bridgehead atoms. The quantitative estimate of drug-likeness (QED) is 0.616. The van der Waals surface area contributed by atoms with Crippen molar-refractivity contribution >= 4 is 11.6 Å². The van der Waals surface area contributed by atoms with Gasteiger partial charge in [0.2, 0.25) is 0 Å². The highest BCUT2D eigenvalue weighted by molar-refractivity contribution is 5.45. The minimum absolute atomic E-state index is 0.585. The molecular weight excluding hydrogens is 292 g/mol. The van der Waals surface area contributed by atoms with Crippen molar-refractivity contribution in [2.75, 3.05) is 5.32 Å². The summed E-state index contributed by atoms with van der Waals surface area (Å²) in [6, 6.07) is 5.93. The van der Waals surface area contributed by atoms with Gasteiger partial charge in [-0.1, -0.05) is 0 Å². The highest BCUT2D eigenvalue weighted by Gasteiger charge is 2.06. The molecule has 4 aromatic heterocycles. The Morgan fingerprint density at radius 2 is 2.13 bits per heavy atom. The number of nitrogens with zero attached hydrogens (tertiary/aromatic N) is 7. The van der Waals surface area contributed by atoms with Crippen molar-refractivity contribution in [2.45, 2.75) is 13.5 Å². The van der Waals surface area contributed by atoms with Gasteiger partial charge in [-0.2, -0.15) is 14.6 Å². The minimum Gasteiger partial charge on any atom is -0.366 e. The average Bonchev–Trinajstić information content (AvgIpc) is 3.24. The molecule has 0 aromatic carbocycles. The van der Waals surface area contributed by atoms with E-state index in [1.54, 1.807) is 23.2 Å².